The third kappa shape index (κ3) is 5.59. The minimum Gasteiger partial charge on any atom is -0.444 e. The van der Waals surface area contributed by atoms with Gasteiger partial charge in [0.1, 0.15) is 11.7 Å². The molecule has 2 amide bonds. The number of carbonyl (C=O) groups is 2. The summed E-state index contributed by atoms with van der Waals surface area (Å²) >= 11 is 1.20. The van der Waals surface area contributed by atoms with E-state index in [1.54, 1.807) is 23.7 Å². The van der Waals surface area contributed by atoms with E-state index in [1.807, 2.05) is 75.4 Å². The van der Waals surface area contributed by atoms with E-state index in [0.29, 0.717) is 22.0 Å². The number of oxazole rings is 1. The Labute approximate surface area is 230 Å². The van der Waals surface area contributed by atoms with Crippen LogP contribution >= 0.6 is 11.3 Å². The van der Waals surface area contributed by atoms with Crippen molar-refractivity contribution in [1.82, 2.24) is 15.3 Å². The van der Waals surface area contributed by atoms with Gasteiger partial charge in [-0.3, -0.25) is 14.5 Å². The fraction of sp³-hybridized carbons (Fsp3) is 0.161. The molecule has 7 nitrogen and oxygen atoms in total. The molecule has 0 aliphatic carbocycles. The van der Waals surface area contributed by atoms with Crippen LogP contribution in [0.15, 0.2) is 89.1 Å². The van der Waals surface area contributed by atoms with Crippen molar-refractivity contribution in [2.24, 2.45) is 0 Å². The summed E-state index contributed by atoms with van der Waals surface area (Å²) in [5.41, 5.74) is 1.60. The molecular weight excluding hydrogens is 508 g/mol. The topological polar surface area (TPSA) is 88.3 Å². The molecule has 3 aromatic carbocycles. The zero-order chi connectivity index (χ0) is 27.6. The number of nitrogens with one attached hydrogen (secondary N) is 1. The largest absolute Gasteiger partial charge is 0.444 e. The number of aromatic nitrogens is 2. The summed E-state index contributed by atoms with van der Waals surface area (Å²) in [4.78, 5) is 37.9. The second kappa shape index (κ2) is 10.6. The highest BCUT2D eigenvalue weighted by Gasteiger charge is 2.36. The first-order chi connectivity index (χ1) is 18.7. The third-order valence-electron chi connectivity index (χ3n) is 6.02. The van der Waals surface area contributed by atoms with Gasteiger partial charge in [0.15, 0.2) is 17.2 Å². The predicted molar refractivity (Wildman–Crippen MR) is 153 cm³/mol. The van der Waals surface area contributed by atoms with E-state index in [0.717, 1.165) is 16.3 Å². The summed E-state index contributed by atoms with van der Waals surface area (Å²) in [7, 11) is 0. The average Bonchev–Trinajstić information content (AvgIpc) is 3.63. The Morgan fingerprint density at radius 3 is 2.44 bits per heavy atom. The maximum absolute atomic E-state index is 14.1. The first-order valence-corrected chi connectivity index (χ1v) is 13.2. The number of amides is 2. The van der Waals surface area contributed by atoms with Crippen LogP contribution in [-0.4, -0.2) is 27.3 Å². The quantitative estimate of drug-likeness (QED) is 0.261. The molecule has 2 aromatic heterocycles. The van der Waals surface area contributed by atoms with Crippen molar-refractivity contribution >= 4 is 39.6 Å². The summed E-state index contributed by atoms with van der Waals surface area (Å²) in [5, 5.41) is 7.06. The number of hydrogen-bond donors (Lipinski definition) is 1. The maximum Gasteiger partial charge on any atom is 0.278 e. The highest BCUT2D eigenvalue weighted by Crippen LogP contribution is 2.33. The molecule has 5 aromatic rings. The fourth-order valence-electron chi connectivity index (χ4n) is 4.32. The average molecular weight is 535 g/mol. The lowest BCUT2D eigenvalue weighted by molar-refractivity contribution is -0.123. The van der Waals surface area contributed by atoms with Gasteiger partial charge in [-0.2, -0.15) is 0 Å². The molecule has 0 saturated heterocycles. The van der Waals surface area contributed by atoms with Crippen LogP contribution in [0.2, 0.25) is 0 Å². The lowest BCUT2D eigenvalue weighted by Crippen LogP contribution is -2.49. The number of carbonyl (C=O) groups excluding carboxylic acids is 2. The summed E-state index contributed by atoms with van der Waals surface area (Å²) in [6, 6.07) is 19.9. The Hall–Kier alpha value is -4.74. The van der Waals surface area contributed by atoms with Crippen LogP contribution in [0.25, 0.3) is 22.1 Å². The number of benzene rings is 3. The summed E-state index contributed by atoms with van der Waals surface area (Å²) < 4.78 is 5.42. The Morgan fingerprint density at radius 2 is 1.79 bits per heavy atom. The van der Waals surface area contributed by atoms with Crippen LogP contribution in [-0.2, 0) is 4.79 Å². The molecular formula is C31H26N4O3S. The lowest BCUT2D eigenvalue weighted by atomic mass is 9.97. The molecule has 2 heterocycles. The maximum atomic E-state index is 14.1. The number of anilines is 1. The van der Waals surface area contributed by atoms with Crippen molar-refractivity contribution in [2.75, 3.05) is 4.90 Å². The Balaban J connectivity index is 1.68. The molecule has 1 unspecified atom stereocenters. The van der Waals surface area contributed by atoms with Crippen LogP contribution in [0.3, 0.4) is 0 Å². The van der Waals surface area contributed by atoms with Gasteiger partial charge in [0.25, 0.3) is 5.91 Å². The van der Waals surface area contributed by atoms with Gasteiger partial charge in [0.05, 0.1) is 6.20 Å². The van der Waals surface area contributed by atoms with E-state index >= 15 is 0 Å². The monoisotopic (exact) mass is 534 g/mol. The van der Waals surface area contributed by atoms with Gasteiger partial charge in [-0.05, 0) is 73.4 Å². The molecule has 5 rings (SSSR count). The van der Waals surface area contributed by atoms with Gasteiger partial charge >= 0.3 is 0 Å². The standard InChI is InChI=1S/C31H26N4O3S/c1-5-27-33-25(18-39-27)30(37)35(24-14-12-21(13-15-24)26-17-32-19-38-26)28(29(36)34-31(2,3)4)23-11-10-20-8-6-7-9-22(20)16-23/h1,6-19,28H,2-4H3,(H,34,36). The molecule has 194 valence electrons. The van der Waals surface area contributed by atoms with E-state index in [9.17, 15) is 9.59 Å². The summed E-state index contributed by atoms with van der Waals surface area (Å²) in [5.74, 6) is 2.31. The van der Waals surface area contributed by atoms with Gasteiger partial charge in [0.2, 0.25) is 5.91 Å². The second-order valence-electron chi connectivity index (χ2n) is 10.0. The molecule has 1 atom stereocenters. The van der Waals surface area contributed by atoms with Crippen LogP contribution in [0.1, 0.15) is 47.9 Å². The van der Waals surface area contributed by atoms with Crippen LogP contribution in [0.4, 0.5) is 5.69 Å². The molecule has 0 aliphatic rings. The molecule has 0 radical (unpaired) electrons. The minimum atomic E-state index is -0.992. The number of rotatable bonds is 6. The molecule has 1 N–H and O–H groups in total. The summed E-state index contributed by atoms with van der Waals surface area (Å²) in [6.45, 7) is 5.71. The van der Waals surface area contributed by atoms with E-state index in [1.165, 1.54) is 22.6 Å². The normalized spacial score (nSPS) is 12.1. The number of thiazole rings is 1. The zero-order valence-corrected chi connectivity index (χ0v) is 22.5. The number of hydrogen-bond acceptors (Lipinski definition) is 6. The first kappa shape index (κ1) is 25.9. The minimum absolute atomic E-state index is 0.168. The molecule has 8 heteroatoms. The van der Waals surface area contributed by atoms with E-state index in [2.05, 4.69) is 21.2 Å². The number of nitrogens with zero attached hydrogens (tertiary/aromatic N) is 3. The van der Waals surface area contributed by atoms with Gasteiger partial charge in [0, 0.05) is 22.2 Å². The van der Waals surface area contributed by atoms with E-state index in [-0.39, 0.29) is 11.6 Å². The lowest BCUT2D eigenvalue weighted by Gasteiger charge is -2.33. The highest BCUT2D eigenvalue weighted by atomic mass is 32.1. The highest BCUT2D eigenvalue weighted by molar-refractivity contribution is 7.10. The Morgan fingerprint density at radius 1 is 1.05 bits per heavy atom. The number of terminal acetylenes is 1. The zero-order valence-electron chi connectivity index (χ0n) is 21.7. The van der Waals surface area contributed by atoms with Crippen molar-refractivity contribution in [3.63, 3.8) is 0 Å². The fourth-order valence-corrected chi connectivity index (χ4v) is 4.92. The van der Waals surface area contributed by atoms with Gasteiger partial charge in [-0.1, -0.05) is 36.4 Å². The number of fused-ring (bicyclic) bond motifs is 1. The smallest absolute Gasteiger partial charge is 0.278 e. The van der Waals surface area contributed by atoms with Crippen molar-refractivity contribution in [3.8, 4) is 23.7 Å². The molecule has 39 heavy (non-hydrogen) atoms. The van der Waals surface area contributed by atoms with Crippen molar-refractivity contribution in [1.29, 1.82) is 0 Å². The summed E-state index contributed by atoms with van der Waals surface area (Å²) in [6.07, 6.45) is 8.50. The van der Waals surface area contributed by atoms with Crippen molar-refractivity contribution < 1.29 is 14.0 Å². The Kier molecular flexibility index (Phi) is 7.01. The SMILES string of the molecule is C#Cc1nc(C(=O)N(c2ccc(-c3cnco3)cc2)C(C(=O)NC(C)(C)C)c2ccc3ccccc3c2)cs1. The molecule has 0 saturated carbocycles. The third-order valence-corrected chi connectivity index (χ3v) is 6.80. The first-order valence-electron chi connectivity index (χ1n) is 12.3. The van der Waals surface area contributed by atoms with Crippen molar-refractivity contribution in [2.45, 2.75) is 32.4 Å². The van der Waals surface area contributed by atoms with Crippen molar-refractivity contribution in [3.05, 3.63) is 101 Å². The molecule has 0 bridgehead atoms. The molecule has 0 spiro atoms. The van der Waals surface area contributed by atoms with E-state index < -0.39 is 17.5 Å². The van der Waals surface area contributed by atoms with Crippen LogP contribution < -0.4 is 10.2 Å². The van der Waals surface area contributed by atoms with Crippen LogP contribution in [0.5, 0.6) is 0 Å². The van der Waals surface area contributed by atoms with Gasteiger partial charge in [-0.15, -0.1) is 17.8 Å². The van der Waals surface area contributed by atoms with E-state index in [4.69, 9.17) is 10.8 Å². The van der Waals surface area contributed by atoms with Gasteiger partial charge < -0.3 is 9.73 Å². The van der Waals surface area contributed by atoms with Crippen LogP contribution in [0, 0.1) is 12.3 Å². The molecule has 0 fully saturated rings. The predicted octanol–water partition coefficient (Wildman–Crippen LogP) is 6.24. The second-order valence-corrected chi connectivity index (χ2v) is 10.9. The Bertz CT molecular complexity index is 1680. The van der Waals surface area contributed by atoms with Gasteiger partial charge in [-0.25, -0.2) is 9.97 Å². The molecule has 0 aliphatic heterocycles.